The van der Waals surface area contributed by atoms with Gasteiger partial charge in [0.1, 0.15) is 17.4 Å². The number of benzene rings is 1. The Labute approximate surface area is 121 Å². The number of nitrogens with zero attached hydrogens (tertiary/aromatic N) is 2. The smallest absolute Gasteiger partial charge is 0.314 e. The number of anilines is 1. The van der Waals surface area contributed by atoms with E-state index in [1.807, 2.05) is 0 Å². The highest BCUT2D eigenvalue weighted by molar-refractivity contribution is 6.30. The van der Waals surface area contributed by atoms with Crippen LogP contribution in [0.2, 0.25) is 5.02 Å². The van der Waals surface area contributed by atoms with Gasteiger partial charge in [0, 0.05) is 24.7 Å². The number of halogens is 1. The van der Waals surface area contributed by atoms with E-state index in [1.165, 1.54) is 0 Å². The van der Waals surface area contributed by atoms with E-state index in [1.54, 1.807) is 50.2 Å². The molecule has 2 rings (SSSR count). The standard InChI is InChI=1S/C14H15ClN2O3/c1-8(13(18)19)12-11(16-14(20-12)17(2)3)9-4-6-10(15)7-5-9/h4-8H,1-3H3,(H,18,19). The highest BCUT2D eigenvalue weighted by atomic mass is 35.5. The highest BCUT2D eigenvalue weighted by Gasteiger charge is 2.25. The van der Waals surface area contributed by atoms with Crippen molar-refractivity contribution in [2.45, 2.75) is 12.8 Å². The van der Waals surface area contributed by atoms with E-state index in [2.05, 4.69) is 4.98 Å². The Morgan fingerprint density at radius 3 is 2.45 bits per heavy atom. The van der Waals surface area contributed by atoms with Crippen LogP contribution in [0.4, 0.5) is 6.01 Å². The maximum Gasteiger partial charge on any atom is 0.314 e. The normalized spacial score (nSPS) is 12.2. The molecule has 1 N–H and O–H groups in total. The fourth-order valence-corrected chi connectivity index (χ4v) is 1.86. The van der Waals surface area contributed by atoms with Crippen LogP contribution in [0.3, 0.4) is 0 Å². The lowest BCUT2D eigenvalue weighted by molar-refractivity contribution is -0.138. The molecule has 0 aliphatic heterocycles. The molecule has 0 radical (unpaired) electrons. The second-order valence-corrected chi connectivity index (χ2v) is 5.11. The van der Waals surface area contributed by atoms with Crippen LogP contribution in [-0.4, -0.2) is 30.2 Å². The van der Waals surface area contributed by atoms with Gasteiger partial charge in [-0.2, -0.15) is 4.98 Å². The van der Waals surface area contributed by atoms with Gasteiger partial charge in [-0.3, -0.25) is 4.79 Å². The SMILES string of the molecule is CC(C(=O)O)c1oc(N(C)C)nc1-c1ccc(Cl)cc1. The number of hydrogen-bond donors (Lipinski definition) is 1. The molecule has 106 valence electrons. The quantitative estimate of drug-likeness (QED) is 0.937. The summed E-state index contributed by atoms with van der Waals surface area (Å²) < 4.78 is 5.58. The molecule has 1 aromatic heterocycles. The van der Waals surface area contributed by atoms with Gasteiger partial charge in [0.2, 0.25) is 0 Å². The molecule has 0 fully saturated rings. The van der Waals surface area contributed by atoms with E-state index in [9.17, 15) is 9.90 Å². The van der Waals surface area contributed by atoms with Crippen LogP contribution in [0.5, 0.6) is 0 Å². The Hall–Kier alpha value is -2.01. The molecule has 6 heteroatoms. The summed E-state index contributed by atoms with van der Waals surface area (Å²) in [6, 6.07) is 7.42. The monoisotopic (exact) mass is 294 g/mol. The van der Waals surface area contributed by atoms with Gasteiger partial charge >= 0.3 is 5.97 Å². The molecule has 0 saturated carbocycles. The minimum atomic E-state index is -0.957. The first-order valence-electron chi connectivity index (χ1n) is 6.07. The topological polar surface area (TPSA) is 66.6 Å². The molecule has 0 aliphatic rings. The second-order valence-electron chi connectivity index (χ2n) is 4.67. The van der Waals surface area contributed by atoms with Crippen molar-refractivity contribution in [2.75, 3.05) is 19.0 Å². The van der Waals surface area contributed by atoms with Crippen molar-refractivity contribution in [3.05, 3.63) is 35.0 Å². The molecule has 1 unspecified atom stereocenters. The number of aromatic nitrogens is 1. The lowest BCUT2D eigenvalue weighted by Crippen LogP contribution is -2.09. The predicted molar refractivity (Wildman–Crippen MR) is 77.3 cm³/mol. The van der Waals surface area contributed by atoms with Crippen LogP contribution in [-0.2, 0) is 4.79 Å². The molecule has 2 aromatic rings. The van der Waals surface area contributed by atoms with E-state index >= 15 is 0 Å². The molecule has 20 heavy (non-hydrogen) atoms. The number of rotatable bonds is 4. The van der Waals surface area contributed by atoms with Gasteiger partial charge in [0.05, 0.1) is 0 Å². The number of hydrogen-bond acceptors (Lipinski definition) is 4. The van der Waals surface area contributed by atoms with Gasteiger partial charge in [-0.15, -0.1) is 0 Å². The van der Waals surface area contributed by atoms with E-state index in [0.29, 0.717) is 22.5 Å². The van der Waals surface area contributed by atoms with E-state index in [0.717, 1.165) is 5.56 Å². The van der Waals surface area contributed by atoms with Crippen molar-refractivity contribution in [1.82, 2.24) is 4.98 Å². The fraction of sp³-hybridized carbons (Fsp3) is 0.286. The van der Waals surface area contributed by atoms with Gasteiger partial charge in [0.25, 0.3) is 6.01 Å². The summed E-state index contributed by atoms with van der Waals surface area (Å²) >= 11 is 5.86. The molecule has 1 aromatic carbocycles. The molecule has 1 heterocycles. The molecular weight excluding hydrogens is 280 g/mol. The summed E-state index contributed by atoms with van der Waals surface area (Å²) in [7, 11) is 3.57. The zero-order valence-electron chi connectivity index (χ0n) is 11.4. The molecule has 0 bridgehead atoms. The number of carboxylic acids is 1. The Bertz CT molecular complexity index is 620. The zero-order chi connectivity index (χ0) is 14.9. The van der Waals surface area contributed by atoms with E-state index in [4.69, 9.17) is 16.0 Å². The number of aliphatic carboxylic acids is 1. The van der Waals surface area contributed by atoms with E-state index in [-0.39, 0.29) is 0 Å². The average Bonchev–Trinajstić information content (AvgIpc) is 2.83. The van der Waals surface area contributed by atoms with Crippen LogP contribution in [0, 0.1) is 0 Å². The summed E-state index contributed by atoms with van der Waals surface area (Å²) in [5.41, 5.74) is 1.30. The molecule has 5 nitrogen and oxygen atoms in total. The Morgan fingerprint density at radius 2 is 1.95 bits per heavy atom. The fourth-order valence-electron chi connectivity index (χ4n) is 1.73. The van der Waals surface area contributed by atoms with Gasteiger partial charge in [-0.25, -0.2) is 0 Å². The highest BCUT2D eigenvalue weighted by Crippen LogP contribution is 2.33. The van der Waals surface area contributed by atoms with Crippen LogP contribution >= 0.6 is 11.6 Å². The third-order valence-corrected chi connectivity index (χ3v) is 3.16. The molecule has 0 spiro atoms. The Kier molecular flexibility index (Phi) is 3.99. The predicted octanol–water partition coefficient (Wildman–Crippen LogP) is 3.25. The molecular formula is C14H15ClN2O3. The lowest BCUT2D eigenvalue weighted by atomic mass is 10.0. The summed E-state index contributed by atoms with van der Waals surface area (Å²) in [5, 5.41) is 9.79. The van der Waals surface area contributed by atoms with Crippen LogP contribution < -0.4 is 4.90 Å². The molecule has 1 atom stereocenters. The average molecular weight is 295 g/mol. The molecule has 0 aliphatic carbocycles. The maximum atomic E-state index is 11.2. The first kappa shape index (κ1) is 14.4. The number of oxazole rings is 1. The van der Waals surface area contributed by atoms with Gasteiger partial charge in [0.15, 0.2) is 0 Å². The second kappa shape index (κ2) is 5.54. The van der Waals surface area contributed by atoms with Crippen LogP contribution in [0.25, 0.3) is 11.3 Å². The van der Waals surface area contributed by atoms with Crippen molar-refractivity contribution in [3.8, 4) is 11.3 Å². The maximum absolute atomic E-state index is 11.2. The largest absolute Gasteiger partial charge is 0.481 e. The first-order valence-corrected chi connectivity index (χ1v) is 6.44. The summed E-state index contributed by atoms with van der Waals surface area (Å²) in [6.07, 6.45) is 0. The Balaban J connectivity index is 2.55. The summed E-state index contributed by atoms with van der Waals surface area (Å²) in [6.45, 7) is 1.57. The zero-order valence-corrected chi connectivity index (χ0v) is 12.2. The third kappa shape index (κ3) is 2.77. The minimum Gasteiger partial charge on any atom is -0.481 e. The van der Waals surface area contributed by atoms with E-state index < -0.39 is 11.9 Å². The van der Waals surface area contributed by atoms with Gasteiger partial charge < -0.3 is 14.4 Å². The van der Waals surface area contributed by atoms with Crippen molar-refractivity contribution < 1.29 is 14.3 Å². The van der Waals surface area contributed by atoms with Crippen molar-refractivity contribution in [1.29, 1.82) is 0 Å². The Morgan fingerprint density at radius 1 is 1.35 bits per heavy atom. The number of carboxylic acid groups (broad SMARTS) is 1. The van der Waals surface area contributed by atoms with Crippen molar-refractivity contribution in [3.63, 3.8) is 0 Å². The summed E-state index contributed by atoms with van der Waals surface area (Å²) in [4.78, 5) is 17.3. The lowest BCUT2D eigenvalue weighted by Gasteiger charge is -2.06. The minimum absolute atomic E-state index is 0.337. The van der Waals surface area contributed by atoms with Crippen molar-refractivity contribution >= 4 is 23.6 Å². The molecule has 0 saturated heterocycles. The first-order chi connectivity index (χ1) is 9.40. The number of carbonyl (C=O) groups is 1. The van der Waals surface area contributed by atoms with Crippen molar-refractivity contribution in [2.24, 2.45) is 0 Å². The van der Waals surface area contributed by atoms with Gasteiger partial charge in [-0.05, 0) is 19.1 Å². The van der Waals surface area contributed by atoms with Crippen LogP contribution in [0.1, 0.15) is 18.6 Å². The van der Waals surface area contributed by atoms with Gasteiger partial charge in [-0.1, -0.05) is 23.7 Å². The van der Waals surface area contributed by atoms with Crippen LogP contribution in [0.15, 0.2) is 28.7 Å². The summed E-state index contributed by atoms with van der Waals surface area (Å²) in [5.74, 6) is -1.40. The molecule has 0 amide bonds. The third-order valence-electron chi connectivity index (χ3n) is 2.91.